The van der Waals surface area contributed by atoms with Crippen LogP contribution in [0.25, 0.3) is 0 Å². The molecule has 0 heterocycles. The highest BCUT2D eigenvalue weighted by molar-refractivity contribution is 5.88. The summed E-state index contributed by atoms with van der Waals surface area (Å²) in [5.41, 5.74) is 6.15. The van der Waals surface area contributed by atoms with Crippen LogP contribution in [0.4, 0.5) is 0 Å². The minimum absolute atomic E-state index is 0.112. The fraction of sp³-hybridized carbons (Fsp3) is 0.886. The molecule has 250 valence electrons. The highest BCUT2D eigenvalue weighted by atomic mass is 16.5. The number of carboxylic acid groups (broad SMARTS) is 2. The van der Waals surface area contributed by atoms with Gasteiger partial charge < -0.3 is 26.0 Å². The maximum Gasteiger partial charge on any atom is 0.329 e. The van der Waals surface area contributed by atoms with Crippen molar-refractivity contribution in [2.24, 2.45) is 58.0 Å². The molecule has 9 heteroatoms. The summed E-state index contributed by atoms with van der Waals surface area (Å²) in [5, 5.41) is 20.7. The van der Waals surface area contributed by atoms with Gasteiger partial charge in [-0.25, -0.2) is 4.79 Å². The molecule has 4 aliphatic carbocycles. The number of carbonyl (C=O) groups excluding carboxylic acids is 2. The Morgan fingerprint density at radius 2 is 1.57 bits per heavy atom. The molecule has 4 rings (SSSR count). The van der Waals surface area contributed by atoms with E-state index >= 15 is 0 Å². The van der Waals surface area contributed by atoms with Gasteiger partial charge in [0.15, 0.2) is 0 Å². The van der Waals surface area contributed by atoms with Crippen LogP contribution in [-0.2, 0) is 23.9 Å². The van der Waals surface area contributed by atoms with Crippen molar-refractivity contribution < 1.29 is 34.1 Å². The van der Waals surface area contributed by atoms with Crippen molar-refractivity contribution in [1.82, 2.24) is 5.32 Å². The third kappa shape index (κ3) is 7.45. The molecule has 44 heavy (non-hydrogen) atoms. The van der Waals surface area contributed by atoms with E-state index in [1.807, 2.05) is 0 Å². The first kappa shape index (κ1) is 34.7. The summed E-state index contributed by atoms with van der Waals surface area (Å²) in [5.74, 6) is 1.35. The zero-order valence-corrected chi connectivity index (χ0v) is 27.7. The van der Waals surface area contributed by atoms with Crippen molar-refractivity contribution in [1.29, 1.82) is 0 Å². The van der Waals surface area contributed by atoms with Crippen LogP contribution in [0.3, 0.4) is 0 Å². The second-order valence-electron chi connectivity index (χ2n) is 15.9. The molecule has 0 radical (unpaired) electrons. The van der Waals surface area contributed by atoms with E-state index < -0.39 is 42.3 Å². The fourth-order valence-corrected chi connectivity index (χ4v) is 10.4. The number of rotatable bonds is 13. The van der Waals surface area contributed by atoms with E-state index in [1.165, 1.54) is 44.9 Å². The fourth-order valence-electron chi connectivity index (χ4n) is 10.4. The molecule has 4 fully saturated rings. The number of nitrogens with two attached hydrogens (primary N) is 1. The summed E-state index contributed by atoms with van der Waals surface area (Å²) < 4.78 is 5.88. The Morgan fingerprint density at radius 3 is 2.23 bits per heavy atom. The summed E-state index contributed by atoms with van der Waals surface area (Å²) in [4.78, 5) is 47.9. The Kier molecular flexibility index (Phi) is 11.1. The molecule has 4 aliphatic rings. The third-order valence-electron chi connectivity index (χ3n) is 12.9. The lowest BCUT2D eigenvalue weighted by molar-refractivity contribution is -0.167. The molecule has 0 saturated heterocycles. The third-order valence-corrected chi connectivity index (χ3v) is 12.9. The number of amides is 1. The molecule has 0 aliphatic heterocycles. The lowest BCUT2D eigenvalue weighted by atomic mass is 9.44. The van der Waals surface area contributed by atoms with Crippen molar-refractivity contribution in [3.8, 4) is 0 Å². The quantitative estimate of drug-likeness (QED) is 0.189. The van der Waals surface area contributed by atoms with Crippen LogP contribution in [0.5, 0.6) is 0 Å². The zero-order valence-electron chi connectivity index (χ0n) is 27.7. The van der Waals surface area contributed by atoms with E-state index in [9.17, 15) is 24.3 Å². The summed E-state index contributed by atoms with van der Waals surface area (Å²) in [6, 6.07) is -2.53. The number of ether oxygens (including phenoxy) is 1. The molecular weight excluding hydrogens is 560 g/mol. The van der Waals surface area contributed by atoms with Crippen molar-refractivity contribution in [2.45, 2.75) is 143 Å². The van der Waals surface area contributed by atoms with E-state index in [1.54, 1.807) is 0 Å². The molecule has 4 saturated carbocycles. The van der Waals surface area contributed by atoms with Gasteiger partial charge in [0.1, 0.15) is 18.2 Å². The maximum absolute atomic E-state index is 13.1. The number of aliphatic carboxylic acids is 2. The largest absolute Gasteiger partial charge is 0.481 e. The predicted octanol–water partition coefficient (Wildman–Crippen LogP) is 5.78. The van der Waals surface area contributed by atoms with E-state index in [4.69, 9.17) is 15.6 Å². The van der Waals surface area contributed by atoms with Crippen LogP contribution in [0.1, 0.15) is 125 Å². The standard InChI is InChI=1S/C35H58N2O7/c1-20(2)6-7-21(3)25-10-11-26-24-9-8-22-18-23(14-16-34(22,4)27(24)15-17-35(25,26)5)44-33(43)29(19-31(39)40)37-30(38)13-12-28(36)32(41)42/h20-29H,6-19,36H2,1-5H3,(H,37,38)(H,39,40)(H,41,42)/t21-,22-,23-,24+,25-,26+,27+,28+,29+,34+,35-/m1/s1. The number of carboxylic acids is 2. The molecule has 5 N–H and O–H groups in total. The summed E-state index contributed by atoms with van der Waals surface area (Å²) >= 11 is 0. The summed E-state index contributed by atoms with van der Waals surface area (Å²) in [6.45, 7) is 12.3. The molecule has 11 atom stereocenters. The van der Waals surface area contributed by atoms with Gasteiger partial charge in [-0.05, 0) is 116 Å². The Labute approximate surface area is 263 Å². The molecule has 9 nitrogen and oxygen atoms in total. The maximum atomic E-state index is 13.1. The normalized spacial score (nSPS) is 36.7. The van der Waals surface area contributed by atoms with E-state index in [0.717, 1.165) is 55.3 Å². The van der Waals surface area contributed by atoms with Gasteiger partial charge in [0.2, 0.25) is 5.91 Å². The van der Waals surface area contributed by atoms with Crippen molar-refractivity contribution >= 4 is 23.8 Å². The van der Waals surface area contributed by atoms with Gasteiger partial charge in [-0.2, -0.15) is 0 Å². The number of carbonyl (C=O) groups is 4. The summed E-state index contributed by atoms with van der Waals surface area (Å²) in [7, 11) is 0. The number of fused-ring (bicyclic) bond motifs is 5. The molecule has 0 unspecified atom stereocenters. The predicted molar refractivity (Wildman–Crippen MR) is 167 cm³/mol. The van der Waals surface area contributed by atoms with E-state index in [2.05, 4.69) is 39.9 Å². The van der Waals surface area contributed by atoms with Crippen LogP contribution >= 0.6 is 0 Å². The Bertz CT molecular complexity index is 1060. The van der Waals surface area contributed by atoms with Gasteiger partial charge in [0, 0.05) is 6.42 Å². The number of hydrogen-bond donors (Lipinski definition) is 4. The molecule has 1 amide bonds. The Morgan fingerprint density at radius 1 is 0.886 bits per heavy atom. The second-order valence-corrected chi connectivity index (χ2v) is 15.9. The number of nitrogens with one attached hydrogen (secondary N) is 1. The van der Waals surface area contributed by atoms with Crippen LogP contribution in [0.2, 0.25) is 0 Å². The molecule has 0 spiro atoms. The van der Waals surface area contributed by atoms with Gasteiger partial charge in [-0.3, -0.25) is 14.4 Å². The van der Waals surface area contributed by atoms with Crippen LogP contribution in [0.15, 0.2) is 0 Å². The topological polar surface area (TPSA) is 156 Å². The minimum Gasteiger partial charge on any atom is -0.481 e. The highest BCUT2D eigenvalue weighted by Gasteiger charge is 2.60. The SMILES string of the molecule is CC(C)CC[C@@H](C)[C@H]1CC[C@H]2[C@@H]3CC[C@@H]4C[C@H](OC(=O)[C@H](CC(=O)O)NC(=O)CC[C@H](N)C(=O)O)CC[C@]4(C)[C@H]3CC[C@]12C. The zero-order chi connectivity index (χ0) is 32.4. The van der Waals surface area contributed by atoms with Crippen LogP contribution in [0, 0.1) is 52.3 Å². The Balaban J connectivity index is 1.35. The average molecular weight is 619 g/mol. The minimum atomic E-state index is -1.32. The molecule has 0 bridgehead atoms. The van der Waals surface area contributed by atoms with Crippen LogP contribution < -0.4 is 11.1 Å². The van der Waals surface area contributed by atoms with Crippen molar-refractivity contribution in [2.75, 3.05) is 0 Å². The molecule has 0 aromatic carbocycles. The molecule has 0 aromatic rings. The number of hydrogen-bond acceptors (Lipinski definition) is 6. The van der Waals surface area contributed by atoms with Crippen molar-refractivity contribution in [3.05, 3.63) is 0 Å². The van der Waals surface area contributed by atoms with Gasteiger partial charge in [0.25, 0.3) is 0 Å². The average Bonchev–Trinajstić information content (AvgIpc) is 3.31. The molecular formula is C35H58N2O7. The Hall–Kier alpha value is -2.16. The van der Waals surface area contributed by atoms with Gasteiger partial charge >= 0.3 is 17.9 Å². The van der Waals surface area contributed by atoms with Crippen LogP contribution in [-0.4, -0.2) is 52.2 Å². The van der Waals surface area contributed by atoms with E-state index in [-0.39, 0.29) is 24.4 Å². The summed E-state index contributed by atoms with van der Waals surface area (Å²) in [6.07, 6.45) is 11.7. The van der Waals surface area contributed by atoms with Gasteiger partial charge in [0.05, 0.1) is 6.42 Å². The highest BCUT2D eigenvalue weighted by Crippen LogP contribution is 2.68. The first-order valence-electron chi connectivity index (χ1n) is 17.4. The van der Waals surface area contributed by atoms with E-state index in [0.29, 0.717) is 17.3 Å². The lowest BCUT2D eigenvalue weighted by Gasteiger charge is -2.61. The monoisotopic (exact) mass is 618 g/mol. The lowest BCUT2D eigenvalue weighted by Crippen LogP contribution is -2.54. The van der Waals surface area contributed by atoms with Gasteiger partial charge in [-0.1, -0.05) is 47.5 Å². The second kappa shape index (κ2) is 14.1. The smallest absolute Gasteiger partial charge is 0.329 e. The first-order chi connectivity index (χ1) is 20.7. The van der Waals surface area contributed by atoms with Crippen molar-refractivity contribution in [3.63, 3.8) is 0 Å². The first-order valence-corrected chi connectivity index (χ1v) is 17.4. The molecule has 0 aromatic heterocycles. The van der Waals surface area contributed by atoms with Gasteiger partial charge in [-0.15, -0.1) is 0 Å². The number of esters is 1.